The van der Waals surface area contributed by atoms with Crippen LogP contribution in [0.5, 0.6) is 0 Å². The first-order chi connectivity index (χ1) is 9.63. The normalized spacial score (nSPS) is 12.3. The largest absolute Gasteiger partial charge is 0.394 e. The van der Waals surface area contributed by atoms with Crippen LogP contribution in [0.3, 0.4) is 0 Å². The molecule has 0 radical (unpaired) electrons. The Morgan fingerprint density at radius 2 is 2.05 bits per heavy atom. The molecule has 0 fully saturated rings. The van der Waals surface area contributed by atoms with E-state index in [1.807, 2.05) is 37.4 Å². The average molecular weight is 274 g/mol. The lowest BCUT2D eigenvalue weighted by Crippen LogP contribution is -2.15. The summed E-state index contributed by atoms with van der Waals surface area (Å²) in [7, 11) is 1.85. The third-order valence-electron chi connectivity index (χ3n) is 3.29. The number of aliphatic hydroxyl groups excluding tert-OH is 1. The molecule has 0 spiro atoms. The van der Waals surface area contributed by atoms with E-state index >= 15 is 0 Å². The van der Waals surface area contributed by atoms with Gasteiger partial charge in [-0.1, -0.05) is 43.7 Å². The highest BCUT2D eigenvalue weighted by Gasteiger charge is 2.14. The van der Waals surface area contributed by atoms with Gasteiger partial charge in [-0.2, -0.15) is 5.10 Å². The molecule has 0 aliphatic carbocycles. The number of hydrogen-bond acceptors (Lipinski definition) is 4. The van der Waals surface area contributed by atoms with Crippen molar-refractivity contribution in [2.75, 3.05) is 17.6 Å². The molecule has 20 heavy (non-hydrogen) atoms. The molecule has 0 saturated heterocycles. The van der Waals surface area contributed by atoms with Crippen LogP contribution in [0.1, 0.15) is 30.7 Å². The Morgan fingerprint density at radius 3 is 2.70 bits per heavy atom. The van der Waals surface area contributed by atoms with Crippen LogP contribution in [0.4, 0.5) is 11.5 Å². The van der Waals surface area contributed by atoms with Gasteiger partial charge in [-0.25, -0.2) is 0 Å². The van der Waals surface area contributed by atoms with Crippen LogP contribution in [0.25, 0.3) is 0 Å². The summed E-state index contributed by atoms with van der Waals surface area (Å²) in [6.45, 7) is 2.50. The number of anilines is 2. The van der Waals surface area contributed by atoms with E-state index < -0.39 is 6.10 Å². The van der Waals surface area contributed by atoms with Gasteiger partial charge in [0.25, 0.3) is 0 Å². The van der Waals surface area contributed by atoms with Crippen LogP contribution < -0.4 is 11.1 Å². The van der Waals surface area contributed by atoms with Crippen molar-refractivity contribution in [1.29, 1.82) is 0 Å². The van der Waals surface area contributed by atoms with Crippen molar-refractivity contribution in [3.63, 3.8) is 0 Å². The van der Waals surface area contributed by atoms with Gasteiger partial charge >= 0.3 is 0 Å². The summed E-state index contributed by atoms with van der Waals surface area (Å²) < 4.78 is 1.73. The second-order valence-corrected chi connectivity index (χ2v) is 4.89. The van der Waals surface area contributed by atoms with Crippen LogP contribution >= 0.6 is 0 Å². The molecule has 0 bridgehead atoms. The van der Waals surface area contributed by atoms with Gasteiger partial charge in [0, 0.05) is 13.6 Å². The van der Waals surface area contributed by atoms with E-state index in [9.17, 15) is 5.11 Å². The minimum atomic E-state index is -0.569. The fraction of sp³-hybridized carbons (Fsp3) is 0.400. The second kappa shape index (κ2) is 6.43. The van der Waals surface area contributed by atoms with Crippen LogP contribution in [0.2, 0.25) is 0 Å². The van der Waals surface area contributed by atoms with Crippen LogP contribution in [0, 0.1) is 0 Å². The molecule has 1 aromatic carbocycles. The molecular formula is C15H22N4O. The van der Waals surface area contributed by atoms with E-state index in [1.165, 1.54) is 0 Å². The SMILES string of the molecule is CCCc1nn(C)c(NCC(O)c2ccccc2)c1N. The standard InChI is InChI=1S/C15H22N4O/c1-3-7-12-14(16)15(19(2)18-12)17-10-13(20)11-8-5-4-6-9-11/h4-6,8-9,13,17,20H,3,7,10,16H2,1-2H3. The number of aromatic nitrogens is 2. The van der Waals surface area contributed by atoms with Gasteiger partial charge in [0.1, 0.15) is 5.82 Å². The van der Waals surface area contributed by atoms with Gasteiger partial charge in [0.15, 0.2) is 0 Å². The first-order valence-corrected chi connectivity index (χ1v) is 6.91. The fourth-order valence-corrected chi connectivity index (χ4v) is 2.21. The van der Waals surface area contributed by atoms with Crippen molar-refractivity contribution in [1.82, 2.24) is 9.78 Å². The summed E-state index contributed by atoms with van der Waals surface area (Å²) in [4.78, 5) is 0. The summed E-state index contributed by atoms with van der Waals surface area (Å²) in [6.07, 6.45) is 1.30. The number of nitrogens with two attached hydrogens (primary N) is 1. The molecule has 0 amide bonds. The van der Waals surface area contributed by atoms with E-state index in [2.05, 4.69) is 17.3 Å². The van der Waals surface area contributed by atoms with Gasteiger partial charge in [-0.05, 0) is 12.0 Å². The van der Waals surface area contributed by atoms with Crippen LogP contribution in [-0.4, -0.2) is 21.4 Å². The van der Waals surface area contributed by atoms with Crippen LogP contribution in [0.15, 0.2) is 30.3 Å². The summed E-state index contributed by atoms with van der Waals surface area (Å²) in [6, 6.07) is 9.56. The van der Waals surface area contributed by atoms with Crippen molar-refractivity contribution in [3.8, 4) is 0 Å². The monoisotopic (exact) mass is 274 g/mol. The minimum Gasteiger partial charge on any atom is -0.394 e. The Hall–Kier alpha value is -2.01. The van der Waals surface area contributed by atoms with Crippen molar-refractivity contribution >= 4 is 11.5 Å². The highest BCUT2D eigenvalue weighted by atomic mass is 16.3. The lowest BCUT2D eigenvalue weighted by Gasteiger charge is -2.13. The molecular weight excluding hydrogens is 252 g/mol. The molecule has 5 nitrogen and oxygen atoms in total. The number of rotatable bonds is 6. The number of aryl methyl sites for hydroxylation is 2. The molecule has 1 heterocycles. The van der Waals surface area contributed by atoms with Crippen molar-refractivity contribution < 1.29 is 5.11 Å². The Bertz CT molecular complexity index is 551. The number of nitrogens with zero attached hydrogens (tertiary/aromatic N) is 2. The Morgan fingerprint density at radius 1 is 1.35 bits per heavy atom. The van der Waals surface area contributed by atoms with Crippen molar-refractivity contribution in [3.05, 3.63) is 41.6 Å². The molecule has 0 aliphatic heterocycles. The maximum absolute atomic E-state index is 10.1. The molecule has 1 atom stereocenters. The van der Waals surface area contributed by atoms with Gasteiger partial charge < -0.3 is 16.2 Å². The smallest absolute Gasteiger partial charge is 0.147 e. The van der Waals surface area contributed by atoms with E-state index in [0.29, 0.717) is 12.2 Å². The summed E-state index contributed by atoms with van der Waals surface area (Å²) in [5, 5.41) is 17.7. The Kier molecular flexibility index (Phi) is 4.63. The number of hydrogen-bond donors (Lipinski definition) is 3. The molecule has 4 N–H and O–H groups in total. The Labute approximate surface area is 119 Å². The molecule has 1 unspecified atom stereocenters. The zero-order valence-corrected chi connectivity index (χ0v) is 12.0. The predicted octanol–water partition coefficient (Wildman–Crippen LogP) is 2.10. The minimum absolute atomic E-state index is 0.402. The van der Waals surface area contributed by atoms with E-state index in [4.69, 9.17) is 5.73 Å². The Balaban J connectivity index is 2.04. The topological polar surface area (TPSA) is 76.1 Å². The molecule has 2 aromatic rings. The zero-order chi connectivity index (χ0) is 14.5. The first-order valence-electron chi connectivity index (χ1n) is 6.91. The summed E-state index contributed by atoms with van der Waals surface area (Å²) in [5.41, 5.74) is 8.56. The van der Waals surface area contributed by atoms with Gasteiger partial charge in [-0.15, -0.1) is 0 Å². The number of nitrogen functional groups attached to an aromatic ring is 1. The number of nitrogens with one attached hydrogen (secondary N) is 1. The molecule has 2 rings (SSSR count). The molecule has 5 heteroatoms. The maximum atomic E-state index is 10.1. The molecule has 108 valence electrons. The summed E-state index contributed by atoms with van der Waals surface area (Å²) >= 11 is 0. The summed E-state index contributed by atoms with van der Waals surface area (Å²) in [5.74, 6) is 0.767. The predicted molar refractivity (Wildman–Crippen MR) is 81.5 cm³/mol. The van der Waals surface area contributed by atoms with Gasteiger partial charge in [0.05, 0.1) is 17.5 Å². The second-order valence-electron chi connectivity index (χ2n) is 4.89. The third-order valence-corrected chi connectivity index (χ3v) is 3.29. The van der Waals surface area contributed by atoms with Crippen LogP contribution in [-0.2, 0) is 13.5 Å². The molecule has 0 saturated carbocycles. The quantitative estimate of drug-likeness (QED) is 0.754. The van der Waals surface area contributed by atoms with Crippen molar-refractivity contribution in [2.24, 2.45) is 7.05 Å². The van der Waals surface area contributed by atoms with E-state index in [-0.39, 0.29) is 0 Å². The van der Waals surface area contributed by atoms with Gasteiger partial charge in [-0.3, -0.25) is 4.68 Å². The molecule has 0 aliphatic rings. The number of benzene rings is 1. The lowest BCUT2D eigenvalue weighted by atomic mass is 10.1. The highest BCUT2D eigenvalue weighted by Crippen LogP contribution is 2.24. The third kappa shape index (κ3) is 3.11. The van der Waals surface area contributed by atoms with E-state index in [0.717, 1.165) is 29.9 Å². The maximum Gasteiger partial charge on any atom is 0.147 e. The fourth-order valence-electron chi connectivity index (χ4n) is 2.21. The zero-order valence-electron chi connectivity index (χ0n) is 12.0. The van der Waals surface area contributed by atoms with Gasteiger partial charge in [0.2, 0.25) is 0 Å². The number of aliphatic hydroxyl groups is 1. The first kappa shape index (κ1) is 14.4. The highest BCUT2D eigenvalue weighted by molar-refractivity contribution is 5.65. The van der Waals surface area contributed by atoms with Crippen molar-refractivity contribution in [2.45, 2.75) is 25.9 Å². The lowest BCUT2D eigenvalue weighted by molar-refractivity contribution is 0.191. The molecule has 1 aromatic heterocycles. The average Bonchev–Trinajstić information content (AvgIpc) is 2.72. The van der Waals surface area contributed by atoms with E-state index in [1.54, 1.807) is 4.68 Å².